The zero-order chi connectivity index (χ0) is 20.4. The zero-order valence-corrected chi connectivity index (χ0v) is 17.1. The van der Waals surface area contributed by atoms with Gasteiger partial charge in [-0.2, -0.15) is 0 Å². The molecular weight excluding hydrogens is 388 g/mol. The molecule has 0 spiro atoms. The fraction of sp³-hybridized carbons (Fsp3) is 0.318. The van der Waals surface area contributed by atoms with Gasteiger partial charge in [-0.3, -0.25) is 4.98 Å². The number of ether oxygens (including phenoxy) is 1. The van der Waals surface area contributed by atoms with Crippen molar-refractivity contribution in [1.29, 1.82) is 0 Å². The topological polar surface area (TPSA) is 79.7 Å². The van der Waals surface area contributed by atoms with Crippen LogP contribution in [0.25, 0.3) is 21.9 Å². The van der Waals surface area contributed by atoms with Crippen molar-refractivity contribution in [2.75, 3.05) is 19.3 Å². The number of aromatic nitrogens is 1. The smallest absolute Gasteiger partial charge is 0.211 e. The van der Waals surface area contributed by atoms with Gasteiger partial charge in [0.05, 0.1) is 12.9 Å². The maximum Gasteiger partial charge on any atom is 0.211 e. The average Bonchev–Trinajstić information content (AvgIpc) is 2.73. The number of pyridine rings is 1. The Kier molecular flexibility index (Phi) is 5.54. The second kappa shape index (κ2) is 8.10. The van der Waals surface area contributed by atoms with Crippen molar-refractivity contribution < 1.29 is 18.3 Å². The van der Waals surface area contributed by atoms with Crippen molar-refractivity contribution in [2.45, 2.75) is 25.6 Å². The first-order valence-electron chi connectivity index (χ1n) is 9.64. The summed E-state index contributed by atoms with van der Waals surface area (Å²) in [5, 5.41) is 11.2. The van der Waals surface area contributed by atoms with E-state index in [0.29, 0.717) is 25.9 Å². The molecule has 1 aliphatic heterocycles. The Balaban J connectivity index is 1.63. The van der Waals surface area contributed by atoms with Crippen LogP contribution in [-0.4, -0.2) is 48.3 Å². The number of fused-ring (bicyclic) bond motifs is 1. The van der Waals surface area contributed by atoms with E-state index in [0.717, 1.165) is 33.2 Å². The fourth-order valence-corrected chi connectivity index (χ4v) is 4.57. The van der Waals surface area contributed by atoms with Crippen LogP contribution >= 0.6 is 0 Å². The summed E-state index contributed by atoms with van der Waals surface area (Å²) >= 11 is 0. The molecule has 0 aliphatic carbocycles. The van der Waals surface area contributed by atoms with Crippen LogP contribution < -0.4 is 4.74 Å². The van der Waals surface area contributed by atoms with E-state index in [9.17, 15) is 13.5 Å². The van der Waals surface area contributed by atoms with Gasteiger partial charge in [0, 0.05) is 30.9 Å². The number of hydrogen-bond donors (Lipinski definition) is 1. The van der Waals surface area contributed by atoms with Crippen LogP contribution in [0.1, 0.15) is 18.4 Å². The van der Waals surface area contributed by atoms with Gasteiger partial charge in [-0.1, -0.05) is 24.3 Å². The molecule has 3 aromatic rings. The van der Waals surface area contributed by atoms with E-state index in [-0.39, 0.29) is 12.7 Å². The summed E-state index contributed by atoms with van der Waals surface area (Å²) in [5.41, 5.74) is 2.93. The number of nitrogens with zero attached hydrogens (tertiary/aromatic N) is 2. The third-order valence-corrected chi connectivity index (χ3v) is 6.65. The maximum atomic E-state index is 11.7. The van der Waals surface area contributed by atoms with Crippen LogP contribution in [0.5, 0.6) is 5.75 Å². The van der Waals surface area contributed by atoms with E-state index in [2.05, 4.69) is 11.1 Å². The Labute approximate surface area is 170 Å². The van der Waals surface area contributed by atoms with Crippen molar-refractivity contribution in [3.05, 3.63) is 60.4 Å². The summed E-state index contributed by atoms with van der Waals surface area (Å²) in [4.78, 5) is 4.24. The van der Waals surface area contributed by atoms with E-state index in [1.54, 1.807) is 12.4 Å². The van der Waals surface area contributed by atoms with E-state index >= 15 is 0 Å². The van der Waals surface area contributed by atoms with E-state index in [1.807, 2.05) is 36.4 Å². The maximum absolute atomic E-state index is 11.7. The number of piperidine rings is 1. The Morgan fingerprint density at radius 3 is 2.48 bits per heavy atom. The molecule has 0 bridgehead atoms. The highest BCUT2D eigenvalue weighted by molar-refractivity contribution is 7.88. The van der Waals surface area contributed by atoms with Gasteiger partial charge in [0.2, 0.25) is 10.0 Å². The molecule has 2 heterocycles. The molecule has 4 rings (SSSR count). The molecule has 29 heavy (non-hydrogen) atoms. The summed E-state index contributed by atoms with van der Waals surface area (Å²) in [7, 11) is -3.16. The average molecular weight is 413 g/mol. The standard InChI is InChI=1S/C22H24N2O4S/c1-29(26,27)24-10-7-20(8-11-24)28-22-13-19(12-18-6-9-23-14-21(18)22)17-4-2-16(15-25)3-5-17/h2-6,9,12-14,20,25H,7-8,10-11,15H2,1H3. The summed E-state index contributed by atoms with van der Waals surface area (Å²) in [6.45, 7) is 0.966. The third-order valence-electron chi connectivity index (χ3n) is 5.35. The van der Waals surface area contributed by atoms with Crippen LogP contribution in [0, 0.1) is 0 Å². The number of benzene rings is 2. The van der Waals surface area contributed by atoms with Crippen LogP contribution in [0.15, 0.2) is 54.9 Å². The predicted octanol–water partition coefficient (Wildman–Crippen LogP) is 3.20. The van der Waals surface area contributed by atoms with E-state index < -0.39 is 10.0 Å². The van der Waals surface area contributed by atoms with Crippen LogP contribution in [0.4, 0.5) is 0 Å². The molecule has 0 unspecified atom stereocenters. The third kappa shape index (κ3) is 4.42. The highest BCUT2D eigenvalue weighted by Crippen LogP contribution is 2.34. The normalized spacial score (nSPS) is 16.2. The van der Waals surface area contributed by atoms with Crippen molar-refractivity contribution in [1.82, 2.24) is 9.29 Å². The molecule has 0 amide bonds. The monoisotopic (exact) mass is 412 g/mol. The highest BCUT2D eigenvalue weighted by Gasteiger charge is 2.26. The van der Waals surface area contributed by atoms with Gasteiger partial charge in [0.15, 0.2) is 0 Å². The molecule has 2 aromatic carbocycles. The number of hydrogen-bond acceptors (Lipinski definition) is 5. The minimum Gasteiger partial charge on any atom is -0.490 e. The van der Waals surface area contributed by atoms with Crippen molar-refractivity contribution >= 4 is 20.8 Å². The molecule has 1 N–H and O–H groups in total. The molecule has 0 saturated carbocycles. The number of aliphatic hydroxyl groups is 1. The van der Waals surface area contributed by atoms with Crippen molar-refractivity contribution in [2.24, 2.45) is 0 Å². The highest BCUT2D eigenvalue weighted by atomic mass is 32.2. The SMILES string of the molecule is CS(=O)(=O)N1CCC(Oc2cc(-c3ccc(CO)cc3)cc3ccncc23)CC1. The second-order valence-corrected chi connectivity index (χ2v) is 9.39. The van der Waals surface area contributed by atoms with Crippen LogP contribution in [0.3, 0.4) is 0 Å². The van der Waals surface area contributed by atoms with Gasteiger partial charge in [-0.05, 0) is 53.1 Å². The minimum atomic E-state index is -3.16. The fourth-order valence-electron chi connectivity index (χ4n) is 3.69. The molecule has 1 aliphatic rings. The molecular formula is C22H24N2O4S. The first-order chi connectivity index (χ1) is 13.9. The Morgan fingerprint density at radius 2 is 1.83 bits per heavy atom. The number of aliphatic hydroxyl groups excluding tert-OH is 1. The lowest BCUT2D eigenvalue weighted by atomic mass is 10.00. The molecule has 1 aromatic heterocycles. The summed E-state index contributed by atoms with van der Waals surface area (Å²) in [6.07, 6.45) is 6.08. The zero-order valence-electron chi connectivity index (χ0n) is 16.3. The van der Waals surface area contributed by atoms with Crippen molar-refractivity contribution in [3.63, 3.8) is 0 Å². The summed E-state index contributed by atoms with van der Waals surface area (Å²) < 4.78 is 31.3. The van der Waals surface area contributed by atoms with Gasteiger partial charge < -0.3 is 9.84 Å². The minimum absolute atomic E-state index is 0.0181. The summed E-state index contributed by atoms with van der Waals surface area (Å²) in [6, 6.07) is 13.9. The lowest BCUT2D eigenvalue weighted by Gasteiger charge is -2.30. The van der Waals surface area contributed by atoms with Gasteiger partial charge in [-0.25, -0.2) is 12.7 Å². The van der Waals surface area contributed by atoms with Gasteiger partial charge >= 0.3 is 0 Å². The van der Waals surface area contributed by atoms with E-state index in [4.69, 9.17) is 4.74 Å². The Morgan fingerprint density at radius 1 is 1.10 bits per heavy atom. The lowest BCUT2D eigenvalue weighted by Crippen LogP contribution is -2.41. The number of rotatable bonds is 5. The molecule has 0 atom stereocenters. The Bertz CT molecular complexity index is 1110. The molecule has 152 valence electrons. The van der Waals surface area contributed by atoms with Crippen LogP contribution in [-0.2, 0) is 16.6 Å². The van der Waals surface area contributed by atoms with Gasteiger partial charge in [-0.15, -0.1) is 0 Å². The molecule has 1 saturated heterocycles. The number of sulfonamides is 1. The molecule has 1 fully saturated rings. The lowest BCUT2D eigenvalue weighted by molar-refractivity contribution is 0.137. The predicted molar refractivity (Wildman–Crippen MR) is 113 cm³/mol. The molecule has 7 heteroatoms. The Hall–Kier alpha value is -2.48. The van der Waals surface area contributed by atoms with E-state index in [1.165, 1.54) is 10.6 Å². The van der Waals surface area contributed by atoms with Crippen LogP contribution in [0.2, 0.25) is 0 Å². The van der Waals surface area contributed by atoms with Crippen molar-refractivity contribution in [3.8, 4) is 16.9 Å². The first kappa shape index (κ1) is 19.8. The van der Waals surface area contributed by atoms with Gasteiger partial charge in [0.1, 0.15) is 11.9 Å². The van der Waals surface area contributed by atoms with Gasteiger partial charge in [0.25, 0.3) is 0 Å². The molecule has 0 radical (unpaired) electrons. The largest absolute Gasteiger partial charge is 0.490 e. The molecule has 6 nitrogen and oxygen atoms in total. The summed E-state index contributed by atoms with van der Waals surface area (Å²) in [5.74, 6) is 0.759. The quantitative estimate of drug-likeness (QED) is 0.696. The first-order valence-corrected chi connectivity index (χ1v) is 11.5. The second-order valence-electron chi connectivity index (χ2n) is 7.41.